The number of aromatic hydroxyl groups is 1. The molecule has 4 heteroatoms. The first kappa shape index (κ1) is 10.9. The summed E-state index contributed by atoms with van der Waals surface area (Å²) in [5.74, 6) is 0.0853. The molecule has 0 saturated heterocycles. The van der Waals surface area contributed by atoms with Gasteiger partial charge in [0.15, 0.2) is 0 Å². The number of rotatable bonds is 3. The number of nitrogens with zero attached hydrogens (tertiary/aromatic N) is 1. The van der Waals surface area contributed by atoms with Crippen LogP contribution in [-0.4, -0.2) is 20.3 Å². The monoisotopic (exact) mass is 197 g/mol. The van der Waals surface area contributed by atoms with E-state index in [1.165, 1.54) is 6.20 Å². The molecule has 78 valence electrons. The minimum atomic E-state index is -0.288. The predicted octanol–water partition coefficient (Wildman–Crippen LogP) is 0.895. The molecule has 0 atom stereocenters. The van der Waals surface area contributed by atoms with E-state index < -0.39 is 0 Å². The molecule has 3 N–H and O–H groups in total. The Bertz CT molecular complexity index is 323. The van der Waals surface area contributed by atoms with Crippen LogP contribution in [0, 0.1) is 0 Å². The van der Waals surface area contributed by atoms with Gasteiger partial charge >= 0.3 is 0 Å². The Morgan fingerprint density at radius 1 is 1.29 bits per heavy atom. The number of pyridine rings is 1. The number of aliphatic hydroxyl groups excluding tert-OH is 2. The molecule has 4 nitrogen and oxygen atoms in total. The quantitative estimate of drug-likeness (QED) is 0.673. The molecule has 0 spiro atoms. The van der Waals surface area contributed by atoms with Crippen LogP contribution in [0.1, 0.15) is 36.6 Å². The SMILES string of the molecule is CC(C)c1ncc(CO)c(CO)c1O. The summed E-state index contributed by atoms with van der Waals surface area (Å²) in [6, 6.07) is 0. The summed E-state index contributed by atoms with van der Waals surface area (Å²) >= 11 is 0. The van der Waals surface area contributed by atoms with Gasteiger partial charge in [-0.1, -0.05) is 13.8 Å². The first-order chi connectivity index (χ1) is 6.61. The van der Waals surface area contributed by atoms with Gasteiger partial charge in [-0.2, -0.15) is 0 Å². The van der Waals surface area contributed by atoms with Gasteiger partial charge in [-0.3, -0.25) is 4.98 Å². The zero-order chi connectivity index (χ0) is 10.7. The fourth-order valence-electron chi connectivity index (χ4n) is 1.33. The highest BCUT2D eigenvalue weighted by Crippen LogP contribution is 2.29. The Hall–Kier alpha value is -1.13. The third-order valence-electron chi connectivity index (χ3n) is 2.15. The van der Waals surface area contributed by atoms with E-state index in [2.05, 4.69) is 4.98 Å². The molecule has 1 aromatic rings. The van der Waals surface area contributed by atoms with Gasteiger partial charge < -0.3 is 15.3 Å². The maximum absolute atomic E-state index is 9.74. The second-order valence-corrected chi connectivity index (χ2v) is 3.47. The van der Waals surface area contributed by atoms with Crippen molar-refractivity contribution in [3.05, 3.63) is 23.0 Å². The van der Waals surface area contributed by atoms with Crippen LogP contribution in [0.5, 0.6) is 5.75 Å². The molecule has 0 radical (unpaired) electrons. The Labute approximate surface area is 82.9 Å². The highest BCUT2D eigenvalue weighted by Gasteiger charge is 2.14. The zero-order valence-corrected chi connectivity index (χ0v) is 8.36. The highest BCUT2D eigenvalue weighted by atomic mass is 16.3. The van der Waals surface area contributed by atoms with E-state index in [9.17, 15) is 5.11 Å². The van der Waals surface area contributed by atoms with Gasteiger partial charge in [-0.25, -0.2) is 0 Å². The van der Waals surface area contributed by atoms with Crippen molar-refractivity contribution in [2.75, 3.05) is 0 Å². The maximum atomic E-state index is 9.74. The smallest absolute Gasteiger partial charge is 0.143 e. The standard InChI is InChI=1S/C10H15NO3/c1-6(2)9-10(14)8(5-13)7(4-12)3-11-9/h3,6,12-14H,4-5H2,1-2H3. The molecular formula is C10H15NO3. The van der Waals surface area contributed by atoms with Gasteiger partial charge in [-0.05, 0) is 5.92 Å². The van der Waals surface area contributed by atoms with E-state index in [-0.39, 0.29) is 24.9 Å². The number of aromatic nitrogens is 1. The van der Waals surface area contributed by atoms with Crippen molar-refractivity contribution in [1.29, 1.82) is 0 Å². The Morgan fingerprint density at radius 2 is 1.93 bits per heavy atom. The van der Waals surface area contributed by atoms with Crippen molar-refractivity contribution in [2.24, 2.45) is 0 Å². The summed E-state index contributed by atoms with van der Waals surface area (Å²) in [7, 11) is 0. The molecular weight excluding hydrogens is 182 g/mol. The molecule has 0 bridgehead atoms. The Balaban J connectivity index is 3.27. The minimum Gasteiger partial charge on any atom is -0.506 e. The van der Waals surface area contributed by atoms with E-state index in [1.54, 1.807) is 0 Å². The predicted molar refractivity (Wildman–Crippen MR) is 51.8 cm³/mol. The normalized spacial score (nSPS) is 10.9. The molecule has 1 heterocycles. The van der Waals surface area contributed by atoms with Crippen LogP contribution in [0.4, 0.5) is 0 Å². The summed E-state index contributed by atoms with van der Waals surface area (Å²) in [6.45, 7) is 3.29. The lowest BCUT2D eigenvalue weighted by Crippen LogP contribution is -2.02. The van der Waals surface area contributed by atoms with Crippen molar-refractivity contribution >= 4 is 0 Å². The van der Waals surface area contributed by atoms with Crippen molar-refractivity contribution in [1.82, 2.24) is 4.98 Å². The third kappa shape index (κ3) is 1.86. The molecule has 1 rings (SSSR count). The lowest BCUT2D eigenvalue weighted by Gasteiger charge is -2.12. The van der Waals surface area contributed by atoms with E-state index in [0.717, 1.165) is 0 Å². The van der Waals surface area contributed by atoms with Crippen LogP contribution in [-0.2, 0) is 13.2 Å². The first-order valence-electron chi connectivity index (χ1n) is 4.53. The molecule has 0 aliphatic heterocycles. The molecule has 0 unspecified atom stereocenters. The van der Waals surface area contributed by atoms with Gasteiger partial charge in [0.1, 0.15) is 5.75 Å². The topological polar surface area (TPSA) is 73.6 Å². The molecule has 0 aliphatic rings. The lowest BCUT2D eigenvalue weighted by molar-refractivity contribution is 0.253. The second kappa shape index (κ2) is 4.39. The second-order valence-electron chi connectivity index (χ2n) is 3.47. The molecule has 14 heavy (non-hydrogen) atoms. The van der Waals surface area contributed by atoms with Gasteiger partial charge in [0, 0.05) is 17.3 Å². The van der Waals surface area contributed by atoms with Crippen molar-refractivity contribution in [3.8, 4) is 5.75 Å². The molecule has 0 aliphatic carbocycles. The van der Waals surface area contributed by atoms with Gasteiger partial charge in [-0.15, -0.1) is 0 Å². The first-order valence-corrected chi connectivity index (χ1v) is 4.53. The van der Waals surface area contributed by atoms with E-state index in [1.807, 2.05) is 13.8 Å². The molecule has 1 aromatic heterocycles. The lowest BCUT2D eigenvalue weighted by atomic mass is 10.0. The van der Waals surface area contributed by atoms with E-state index in [4.69, 9.17) is 10.2 Å². The van der Waals surface area contributed by atoms with Gasteiger partial charge in [0.25, 0.3) is 0 Å². The van der Waals surface area contributed by atoms with Crippen LogP contribution < -0.4 is 0 Å². The van der Waals surface area contributed by atoms with E-state index >= 15 is 0 Å². The van der Waals surface area contributed by atoms with Crippen LogP contribution >= 0.6 is 0 Å². The maximum Gasteiger partial charge on any atom is 0.143 e. The number of hydrogen-bond acceptors (Lipinski definition) is 4. The average molecular weight is 197 g/mol. The van der Waals surface area contributed by atoms with Crippen LogP contribution in [0.3, 0.4) is 0 Å². The summed E-state index contributed by atoms with van der Waals surface area (Å²) in [6.07, 6.45) is 1.49. The number of hydrogen-bond donors (Lipinski definition) is 3. The Kier molecular flexibility index (Phi) is 3.43. The molecule has 0 fully saturated rings. The summed E-state index contributed by atoms with van der Waals surface area (Å²) in [4.78, 5) is 4.04. The molecule has 0 saturated carbocycles. The van der Waals surface area contributed by atoms with Gasteiger partial charge in [0.2, 0.25) is 0 Å². The minimum absolute atomic E-state index is 0.00551. The Morgan fingerprint density at radius 3 is 2.36 bits per heavy atom. The summed E-state index contributed by atoms with van der Waals surface area (Å²) < 4.78 is 0. The number of aliphatic hydroxyl groups is 2. The van der Waals surface area contributed by atoms with Crippen molar-refractivity contribution in [3.63, 3.8) is 0 Å². The molecule has 0 aromatic carbocycles. The molecule has 0 amide bonds. The summed E-state index contributed by atoms with van der Waals surface area (Å²) in [5.41, 5.74) is 1.38. The van der Waals surface area contributed by atoms with Crippen LogP contribution in [0.2, 0.25) is 0 Å². The average Bonchev–Trinajstić information content (AvgIpc) is 2.16. The highest BCUT2D eigenvalue weighted by molar-refractivity contribution is 5.41. The fraction of sp³-hybridized carbons (Fsp3) is 0.500. The third-order valence-corrected chi connectivity index (χ3v) is 2.15. The zero-order valence-electron chi connectivity index (χ0n) is 8.36. The van der Waals surface area contributed by atoms with Crippen molar-refractivity contribution in [2.45, 2.75) is 33.0 Å². The summed E-state index contributed by atoms with van der Waals surface area (Å²) in [5, 5.41) is 27.7. The van der Waals surface area contributed by atoms with Crippen LogP contribution in [0.25, 0.3) is 0 Å². The van der Waals surface area contributed by atoms with Crippen molar-refractivity contribution < 1.29 is 15.3 Å². The van der Waals surface area contributed by atoms with Gasteiger partial charge in [0.05, 0.1) is 18.9 Å². The fourth-order valence-corrected chi connectivity index (χ4v) is 1.33. The largest absolute Gasteiger partial charge is 0.506 e. The van der Waals surface area contributed by atoms with Crippen LogP contribution in [0.15, 0.2) is 6.20 Å². The van der Waals surface area contributed by atoms with E-state index in [0.29, 0.717) is 16.8 Å².